The van der Waals surface area contributed by atoms with E-state index in [1.165, 1.54) is 16.2 Å². The SMILES string of the molecule is O=C1NC2(CCOc3ccccc32)C(=O)N1Cc1nc2ccccc2s1. The summed E-state index contributed by atoms with van der Waals surface area (Å²) >= 11 is 1.50. The van der Waals surface area contributed by atoms with Crippen LogP contribution >= 0.6 is 11.3 Å². The number of benzene rings is 2. The van der Waals surface area contributed by atoms with E-state index >= 15 is 0 Å². The number of aromatic nitrogens is 1. The lowest BCUT2D eigenvalue weighted by Gasteiger charge is -2.33. The molecule has 3 aromatic rings. The predicted octanol–water partition coefficient (Wildman–Crippen LogP) is 3.03. The maximum absolute atomic E-state index is 13.2. The first-order valence-electron chi connectivity index (χ1n) is 8.38. The van der Waals surface area contributed by atoms with Crippen LogP contribution in [0.5, 0.6) is 5.75 Å². The van der Waals surface area contributed by atoms with Crippen molar-refractivity contribution >= 4 is 33.5 Å². The van der Waals surface area contributed by atoms with Crippen LogP contribution in [0.3, 0.4) is 0 Å². The third kappa shape index (κ3) is 2.13. The minimum Gasteiger partial charge on any atom is -0.493 e. The molecule has 26 heavy (non-hydrogen) atoms. The number of fused-ring (bicyclic) bond motifs is 3. The number of nitrogens with one attached hydrogen (secondary N) is 1. The number of para-hydroxylation sites is 2. The summed E-state index contributed by atoms with van der Waals surface area (Å²) in [5, 5.41) is 3.66. The van der Waals surface area contributed by atoms with Crippen LogP contribution in [0, 0.1) is 0 Å². The second-order valence-electron chi connectivity index (χ2n) is 6.40. The molecule has 2 aromatic carbocycles. The van der Waals surface area contributed by atoms with E-state index < -0.39 is 5.54 Å². The Kier molecular flexibility index (Phi) is 3.27. The fourth-order valence-corrected chi connectivity index (χ4v) is 4.59. The maximum Gasteiger partial charge on any atom is 0.325 e. The summed E-state index contributed by atoms with van der Waals surface area (Å²) in [5.74, 6) is 0.409. The highest BCUT2D eigenvalue weighted by atomic mass is 32.1. The zero-order chi connectivity index (χ0) is 17.7. The van der Waals surface area contributed by atoms with Gasteiger partial charge in [-0.1, -0.05) is 30.3 Å². The number of hydrogen-bond donors (Lipinski definition) is 1. The highest BCUT2D eigenvalue weighted by molar-refractivity contribution is 7.18. The standard InChI is InChI=1S/C19H15N3O3S/c23-17-19(9-10-25-14-7-3-1-5-12(14)19)21-18(24)22(17)11-16-20-13-6-2-4-8-15(13)26-16/h1-8H,9-11H2,(H,21,24). The number of nitrogens with zero attached hydrogens (tertiary/aromatic N) is 2. The van der Waals surface area contributed by atoms with Crippen LogP contribution in [0.1, 0.15) is 17.0 Å². The van der Waals surface area contributed by atoms with Crippen molar-refractivity contribution < 1.29 is 14.3 Å². The average molecular weight is 365 g/mol. The first-order chi connectivity index (χ1) is 12.7. The number of urea groups is 1. The number of rotatable bonds is 2. The number of ether oxygens (including phenoxy) is 1. The Bertz CT molecular complexity index is 1010. The van der Waals surface area contributed by atoms with E-state index in [0.717, 1.165) is 20.8 Å². The number of imide groups is 1. The number of carbonyl (C=O) groups is 2. The Labute approximate surface area is 153 Å². The zero-order valence-electron chi connectivity index (χ0n) is 13.8. The molecule has 6 nitrogen and oxygen atoms in total. The van der Waals surface area contributed by atoms with Gasteiger partial charge in [0.2, 0.25) is 0 Å². The lowest BCUT2D eigenvalue weighted by atomic mass is 9.84. The second kappa shape index (κ2) is 5.54. The topological polar surface area (TPSA) is 71.5 Å². The van der Waals surface area contributed by atoms with Gasteiger partial charge in [-0.15, -0.1) is 11.3 Å². The van der Waals surface area contributed by atoms with Gasteiger partial charge in [0.05, 0.1) is 23.4 Å². The maximum atomic E-state index is 13.2. The van der Waals surface area contributed by atoms with Gasteiger partial charge in [0.15, 0.2) is 5.54 Å². The molecule has 7 heteroatoms. The molecular formula is C19H15N3O3S. The molecule has 1 spiro atoms. The monoisotopic (exact) mass is 365 g/mol. The fourth-order valence-electron chi connectivity index (χ4n) is 3.64. The van der Waals surface area contributed by atoms with Crippen molar-refractivity contribution in [3.05, 3.63) is 59.1 Å². The van der Waals surface area contributed by atoms with Crippen LogP contribution in [0.25, 0.3) is 10.2 Å². The van der Waals surface area contributed by atoms with Gasteiger partial charge in [-0.25, -0.2) is 9.78 Å². The van der Waals surface area contributed by atoms with E-state index in [0.29, 0.717) is 18.8 Å². The molecule has 2 aliphatic rings. The summed E-state index contributed by atoms with van der Waals surface area (Å²) < 4.78 is 6.70. The molecule has 0 bridgehead atoms. The first kappa shape index (κ1) is 15.3. The van der Waals surface area contributed by atoms with Gasteiger partial charge in [-0.2, -0.15) is 0 Å². The smallest absolute Gasteiger partial charge is 0.325 e. The average Bonchev–Trinajstić information content (AvgIpc) is 3.17. The summed E-state index contributed by atoms with van der Waals surface area (Å²) in [4.78, 5) is 31.7. The Morgan fingerprint density at radius 2 is 1.96 bits per heavy atom. The number of amides is 3. The van der Waals surface area contributed by atoms with Crippen LogP contribution in [0.2, 0.25) is 0 Å². The van der Waals surface area contributed by atoms with Gasteiger partial charge in [0.1, 0.15) is 10.8 Å². The summed E-state index contributed by atoms with van der Waals surface area (Å²) in [7, 11) is 0. The lowest BCUT2D eigenvalue weighted by molar-refractivity contribution is -0.133. The molecule has 1 aromatic heterocycles. The highest BCUT2D eigenvalue weighted by Gasteiger charge is 2.54. The quantitative estimate of drug-likeness (QED) is 0.709. The molecule has 1 fully saturated rings. The minimum absolute atomic E-state index is 0.175. The summed E-state index contributed by atoms with van der Waals surface area (Å²) in [6.07, 6.45) is 0.422. The van der Waals surface area contributed by atoms with Crippen LogP contribution in [0.4, 0.5) is 4.79 Å². The number of hydrogen-bond acceptors (Lipinski definition) is 5. The van der Waals surface area contributed by atoms with Crippen LogP contribution in [-0.4, -0.2) is 28.4 Å². The van der Waals surface area contributed by atoms with Crippen molar-refractivity contribution in [2.24, 2.45) is 0 Å². The summed E-state index contributed by atoms with van der Waals surface area (Å²) in [6.45, 7) is 0.562. The van der Waals surface area contributed by atoms with Gasteiger partial charge < -0.3 is 10.1 Å². The first-order valence-corrected chi connectivity index (χ1v) is 9.20. The normalized spacial score (nSPS) is 21.8. The molecule has 0 saturated carbocycles. The zero-order valence-corrected chi connectivity index (χ0v) is 14.6. The molecule has 2 aliphatic heterocycles. The molecule has 1 N–H and O–H groups in total. The molecule has 3 heterocycles. The Morgan fingerprint density at radius 1 is 1.15 bits per heavy atom. The third-order valence-corrected chi connectivity index (χ3v) is 5.91. The van der Waals surface area contributed by atoms with Crippen molar-refractivity contribution in [1.82, 2.24) is 15.2 Å². The molecule has 0 radical (unpaired) electrons. The predicted molar refractivity (Wildman–Crippen MR) is 96.9 cm³/mol. The van der Waals surface area contributed by atoms with Gasteiger partial charge in [0, 0.05) is 12.0 Å². The third-order valence-electron chi connectivity index (χ3n) is 4.89. The molecule has 3 amide bonds. The van der Waals surface area contributed by atoms with E-state index in [2.05, 4.69) is 10.3 Å². The largest absolute Gasteiger partial charge is 0.493 e. The van der Waals surface area contributed by atoms with Gasteiger partial charge in [0.25, 0.3) is 5.91 Å². The number of carbonyl (C=O) groups excluding carboxylic acids is 2. The summed E-state index contributed by atoms with van der Waals surface area (Å²) in [5.41, 5.74) is 0.560. The minimum atomic E-state index is -1.04. The number of thiazole rings is 1. The van der Waals surface area contributed by atoms with Crippen LogP contribution < -0.4 is 10.1 Å². The highest BCUT2D eigenvalue weighted by Crippen LogP contribution is 2.41. The van der Waals surface area contributed by atoms with Crippen molar-refractivity contribution in [2.45, 2.75) is 18.5 Å². The van der Waals surface area contributed by atoms with E-state index in [4.69, 9.17) is 4.74 Å². The van der Waals surface area contributed by atoms with Crippen molar-refractivity contribution in [1.29, 1.82) is 0 Å². The van der Waals surface area contributed by atoms with Gasteiger partial charge in [-0.3, -0.25) is 9.69 Å². The lowest BCUT2D eigenvalue weighted by Crippen LogP contribution is -2.47. The van der Waals surface area contributed by atoms with Crippen molar-refractivity contribution in [2.75, 3.05) is 6.61 Å². The molecule has 0 aliphatic carbocycles. The van der Waals surface area contributed by atoms with Crippen LogP contribution in [-0.2, 0) is 16.9 Å². The molecular weight excluding hydrogens is 350 g/mol. The Morgan fingerprint density at radius 3 is 2.85 bits per heavy atom. The van der Waals surface area contributed by atoms with E-state index in [1.807, 2.05) is 48.5 Å². The fraction of sp³-hybridized carbons (Fsp3) is 0.211. The molecule has 5 rings (SSSR count). The van der Waals surface area contributed by atoms with Gasteiger partial charge >= 0.3 is 6.03 Å². The van der Waals surface area contributed by atoms with E-state index in [9.17, 15) is 9.59 Å². The Balaban J connectivity index is 1.51. The molecule has 130 valence electrons. The summed E-state index contributed by atoms with van der Waals surface area (Å²) in [6, 6.07) is 14.8. The molecule has 1 saturated heterocycles. The van der Waals surface area contributed by atoms with E-state index in [1.54, 1.807) is 0 Å². The molecule has 1 unspecified atom stereocenters. The van der Waals surface area contributed by atoms with Gasteiger partial charge in [-0.05, 0) is 18.2 Å². The second-order valence-corrected chi connectivity index (χ2v) is 7.51. The van der Waals surface area contributed by atoms with E-state index in [-0.39, 0.29) is 18.5 Å². The van der Waals surface area contributed by atoms with Crippen molar-refractivity contribution in [3.63, 3.8) is 0 Å². The van der Waals surface area contributed by atoms with Crippen LogP contribution in [0.15, 0.2) is 48.5 Å². The Hall–Kier alpha value is -2.93. The van der Waals surface area contributed by atoms with Crippen molar-refractivity contribution in [3.8, 4) is 5.75 Å². The molecule has 1 atom stereocenters.